The van der Waals surface area contributed by atoms with Gasteiger partial charge >= 0.3 is 0 Å². The summed E-state index contributed by atoms with van der Waals surface area (Å²) in [5, 5.41) is 0. The highest BCUT2D eigenvalue weighted by molar-refractivity contribution is 9.10. The topological polar surface area (TPSA) is 55.8 Å². The lowest BCUT2D eigenvalue weighted by atomic mass is 10.2. The Bertz CT molecular complexity index is 679. The molecule has 2 saturated heterocycles. The van der Waals surface area contributed by atoms with Gasteiger partial charge in [-0.1, -0.05) is 15.9 Å². The fourth-order valence-electron chi connectivity index (χ4n) is 2.90. The summed E-state index contributed by atoms with van der Waals surface area (Å²) in [6.45, 7) is 1.11. The summed E-state index contributed by atoms with van der Waals surface area (Å²) in [6.07, 6.45) is 1.90. The number of ether oxygens (including phenoxy) is 2. The molecule has 2 aliphatic rings. The van der Waals surface area contributed by atoms with Crippen molar-refractivity contribution in [2.75, 3.05) is 19.7 Å². The van der Waals surface area contributed by atoms with Crippen molar-refractivity contribution in [3.05, 3.63) is 28.2 Å². The zero-order chi connectivity index (χ0) is 17.2. The molecule has 0 bridgehead atoms. The molecule has 0 amide bonds. The Labute approximate surface area is 150 Å². The van der Waals surface area contributed by atoms with E-state index < -0.39 is 16.2 Å². The number of hydrogen-bond donors (Lipinski definition) is 0. The van der Waals surface area contributed by atoms with Crippen LogP contribution in [0, 0.1) is 0 Å². The van der Waals surface area contributed by atoms with Gasteiger partial charge in [0, 0.05) is 24.2 Å². The molecule has 0 radical (unpaired) electrons. The van der Waals surface area contributed by atoms with Crippen LogP contribution in [0.5, 0.6) is 0 Å². The molecule has 5 nitrogen and oxygen atoms in total. The molecule has 2 aliphatic heterocycles. The maximum atomic E-state index is 13.3. The Balaban J connectivity index is 1.73. The first-order chi connectivity index (χ1) is 11.5. The summed E-state index contributed by atoms with van der Waals surface area (Å²) >= 11 is 3.43. The van der Waals surface area contributed by atoms with Gasteiger partial charge in [0.15, 0.2) is 6.29 Å². The third-order valence-electron chi connectivity index (χ3n) is 4.31. The highest BCUT2D eigenvalue weighted by Gasteiger charge is 2.32. The molecule has 1 aromatic rings. The van der Waals surface area contributed by atoms with E-state index >= 15 is 0 Å². The van der Waals surface area contributed by atoms with E-state index in [-0.39, 0.29) is 37.3 Å². The molecular weight excluding hydrogens is 401 g/mol. The van der Waals surface area contributed by atoms with Crippen molar-refractivity contribution in [3.63, 3.8) is 0 Å². The smallest absolute Gasteiger partial charge is 0.243 e. The quantitative estimate of drug-likeness (QED) is 0.732. The molecule has 134 valence electrons. The van der Waals surface area contributed by atoms with E-state index in [1.54, 1.807) is 12.1 Å². The number of halogens is 2. The van der Waals surface area contributed by atoms with Gasteiger partial charge in [0.05, 0.1) is 11.5 Å². The van der Waals surface area contributed by atoms with Crippen molar-refractivity contribution in [2.24, 2.45) is 0 Å². The molecule has 8 heteroatoms. The molecule has 2 fully saturated rings. The molecule has 0 aliphatic carbocycles. The third-order valence-corrected chi connectivity index (χ3v) is 6.95. The second-order valence-electron chi connectivity index (χ2n) is 6.11. The first-order valence-electron chi connectivity index (χ1n) is 8.12. The normalized spacial score (nSPS) is 25.9. The molecular formula is C16H21BrFNO4S. The Morgan fingerprint density at radius 2 is 2.17 bits per heavy atom. The summed E-state index contributed by atoms with van der Waals surface area (Å²) in [7, 11) is -3.67. The van der Waals surface area contributed by atoms with Crippen molar-refractivity contribution in [3.8, 4) is 0 Å². The van der Waals surface area contributed by atoms with Crippen LogP contribution in [-0.4, -0.2) is 44.9 Å². The van der Waals surface area contributed by atoms with Gasteiger partial charge in [0.25, 0.3) is 0 Å². The molecule has 1 unspecified atom stereocenters. The van der Waals surface area contributed by atoms with Crippen molar-refractivity contribution in [2.45, 2.75) is 49.6 Å². The van der Waals surface area contributed by atoms with Gasteiger partial charge in [-0.2, -0.15) is 4.31 Å². The predicted octanol–water partition coefficient (Wildman–Crippen LogP) is 3.22. The number of sulfonamides is 1. The highest BCUT2D eigenvalue weighted by Crippen LogP contribution is 2.27. The van der Waals surface area contributed by atoms with Crippen molar-refractivity contribution >= 4 is 26.0 Å². The predicted molar refractivity (Wildman–Crippen MR) is 90.8 cm³/mol. The van der Waals surface area contributed by atoms with Gasteiger partial charge in [0.2, 0.25) is 10.0 Å². The van der Waals surface area contributed by atoms with Crippen LogP contribution >= 0.6 is 15.9 Å². The van der Waals surface area contributed by atoms with Gasteiger partial charge in [-0.25, -0.2) is 12.8 Å². The van der Waals surface area contributed by atoms with Crippen LogP contribution in [0.25, 0.3) is 0 Å². The molecule has 0 N–H and O–H groups in total. The van der Waals surface area contributed by atoms with Gasteiger partial charge in [-0.3, -0.25) is 0 Å². The van der Waals surface area contributed by atoms with Crippen LogP contribution < -0.4 is 0 Å². The molecule has 0 saturated carbocycles. The fraction of sp³-hybridized carbons (Fsp3) is 0.625. The first kappa shape index (κ1) is 18.3. The largest absolute Gasteiger partial charge is 0.353 e. The molecule has 1 aromatic carbocycles. The van der Waals surface area contributed by atoms with E-state index in [4.69, 9.17) is 9.47 Å². The lowest BCUT2D eigenvalue weighted by molar-refractivity contribution is -0.169. The fourth-order valence-corrected chi connectivity index (χ4v) is 4.80. The first-order valence-corrected chi connectivity index (χ1v) is 10.4. The van der Waals surface area contributed by atoms with E-state index in [1.165, 1.54) is 10.4 Å². The van der Waals surface area contributed by atoms with E-state index in [0.717, 1.165) is 29.3 Å². The summed E-state index contributed by atoms with van der Waals surface area (Å²) < 4.78 is 51.8. The number of benzene rings is 1. The average Bonchev–Trinajstić information content (AvgIpc) is 3.02. The monoisotopic (exact) mass is 421 g/mol. The lowest BCUT2D eigenvalue weighted by Crippen LogP contribution is -2.29. The molecule has 2 heterocycles. The van der Waals surface area contributed by atoms with Gasteiger partial charge in [-0.15, -0.1) is 0 Å². The van der Waals surface area contributed by atoms with Crippen LogP contribution in [-0.2, 0) is 26.1 Å². The van der Waals surface area contributed by atoms with E-state index in [2.05, 4.69) is 15.9 Å². The van der Waals surface area contributed by atoms with Crippen LogP contribution in [0.4, 0.5) is 4.39 Å². The Hall–Kier alpha value is -0.540. The third kappa shape index (κ3) is 4.16. The van der Waals surface area contributed by atoms with Gasteiger partial charge in [0.1, 0.15) is 6.17 Å². The summed E-state index contributed by atoms with van der Waals surface area (Å²) in [6, 6.07) is 4.82. The SMILES string of the molecule is O=S(=O)(c1ccc(Br)c(COC2CCCCO2)c1)N1CC[C@H](F)C1. The van der Waals surface area contributed by atoms with Crippen molar-refractivity contribution in [1.29, 1.82) is 0 Å². The Morgan fingerprint density at radius 1 is 1.33 bits per heavy atom. The summed E-state index contributed by atoms with van der Waals surface area (Å²) in [5.74, 6) is 0. The summed E-state index contributed by atoms with van der Waals surface area (Å²) in [4.78, 5) is 0.169. The average molecular weight is 422 g/mol. The minimum absolute atomic E-state index is 0.0693. The lowest BCUT2D eigenvalue weighted by Gasteiger charge is -2.23. The zero-order valence-corrected chi connectivity index (χ0v) is 15.7. The number of rotatable bonds is 5. The Kier molecular flexibility index (Phi) is 5.92. The minimum atomic E-state index is -3.67. The van der Waals surface area contributed by atoms with Crippen molar-refractivity contribution < 1.29 is 22.3 Å². The highest BCUT2D eigenvalue weighted by atomic mass is 79.9. The molecule has 3 rings (SSSR count). The Morgan fingerprint density at radius 3 is 2.83 bits per heavy atom. The maximum absolute atomic E-state index is 13.3. The van der Waals surface area contributed by atoms with E-state index in [1.807, 2.05) is 0 Å². The number of nitrogens with zero attached hydrogens (tertiary/aromatic N) is 1. The second kappa shape index (κ2) is 7.78. The minimum Gasteiger partial charge on any atom is -0.353 e. The standard InChI is InChI=1S/C16H21BrFNO4S/c17-15-5-4-14(24(20,21)19-7-6-13(18)10-19)9-12(15)11-23-16-3-1-2-8-22-16/h4-5,9,13,16H,1-3,6-8,10-11H2/t13-,16?/m0/s1. The van der Waals surface area contributed by atoms with E-state index in [0.29, 0.717) is 6.61 Å². The molecule has 0 aromatic heterocycles. The van der Waals surface area contributed by atoms with Crippen LogP contribution in [0.1, 0.15) is 31.2 Å². The van der Waals surface area contributed by atoms with Gasteiger partial charge < -0.3 is 9.47 Å². The van der Waals surface area contributed by atoms with Gasteiger partial charge in [-0.05, 0) is 49.4 Å². The van der Waals surface area contributed by atoms with Crippen LogP contribution in [0.2, 0.25) is 0 Å². The summed E-state index contributed by atoms with van der Waals surface area (Å²) in [5.41, 5.74) is 0.737. The number of hydrogen-bond acceptors (Lipinski definition) is 4. The van der Waals surface area contributed by atoms with E-state index in [9.17, 15) is 12.8 Å². The molecule has 0 spiro atoms. The number of alkyl halides is 1. The van der Waals surface area contributed by atoms with Crippen molar-refractivity contribution in [1.82, 2.24) is 4.31 Å². The second-order valence-corrected chi connectivity index (χ2v) is 8.90. The zero-order valence-electron chi connectivity index (χ0n) is 13.3. The van der Waals surface area contributed by atoms with Crippen LogP contribution in [0.3, 0.4) is 0 Å². The molecule has 2 atom stereocenters. The maximum Gasteiger partial charge on any atom is 0.243 e. The van der Waals surface area contributed by atoms with Crippen LogP contribution in [0.15, 0.2) is 27.6 Å². The molecule has 24 heavy (non-hydrogen) atoms.